The van der Waals surface area contributed by atoms with Gasteiger partial charge in [-0.15, -0.1) is 0 Å². The zero-order valence-electron chi connectivity index (χ0n) is 33.9. The molecule has 1 atom stereocenters. The average molecular weight is 699 g/mol. The van der Waals surface area contributed by atoms with Gasteiger partial charge in [-0.2, -0.15) is 0 Å². The van der Waals surface area contributed by atoms with E-state index in [1.54, 1.807) is 0 Å². The Hall–Kier alpha value is -5.08. The molecule has 0 bridgehead atoms. The van der Waals surface area contributed by atoms with Crippen LogP contribution in [-0.2, 0) is 5.41 Å². The van der Waals surface area contributed by atoms with Crippen LogP contribution in [0.25, 0.3) is 11.1 Å². The number of hydrogen-bond donors (Lipinski definition) is 0. The van der Waals surface area contributed by atoms with Crippen LogP contribution in [0.1, 0.15) is 97.9 Å². The maximum absolute atomic E-state index is 2.43. The molecule has 0 aromatic heterocycles. The van der Waals surface area contributed by atoms with Gasteiger partial charge in [-0.05, 0) is 152 Å². The van der Waals surface area contributed by atoms with Crippen LogP contribution in [-0.4, -0.2) is 0 Å². The molecule has 0 fully saturated rings. The highest BCUT2D eigenvalue weighted by molar-refractivity contribution is 5.84. The van der Waals surface area contributed by atoms with Crippen LogP contribution in [0.15, 0.2) is 121 Å². The van der Waals surface area contributed by atoms with Gasteiger partial charge in [-0.25, -0.2) is 0 Å². The predicted octanol–water partition coefficient (Wildman–Crippen LogP) is 15.3. The minimum absolute atomic E-state index is 0.0896. The third-order valence-corrected chi connectivity index (χ3v) is 10.8. The summed E-state index contributed by atoms with van der Waals surface area (Å²) < 4.78 is 0. The van der Waals surface area contributed by atoms with Crippen LogP contribution in [0, 0.1) is 41.5 Å². The third kappa shape index (κ3) is 8.13. The molecule has 0 aliphatic rings. The van der Waals surface area contributed by atoms with Crippen molar-refractivity contribution >= 4 is 34.1 Å². The molecule has 0 spiro atoms. The monoisotopic (exact) mass is 698 g/mol. The Morgan fingerprint density at radius 1 is 0.472 bits per heavy atom. The lowest BCUT2D eigenvalue weighted by atomic mass is 9.84. The summed E-state index contributed by atoms with van der Waals surface area (Å²) in [6, 6.07) is 45.5. The number of benzene rings is 6. The van der Waals surface area contributed by atoms with Gasteiger partial charge in [0.15, 0.2) is 0 Å². The fourth-order valence-corrected chi connectivity index (χ4v) is 7.78. The molecule has 272 valence electrons. The lowest BCUT2D eigenvalue weighted by Crippen LogP contribution is -2.16. The molecule has 0 saturated heterocycles. The number of hydrogen-bond acceptors (Lipinski definition) is 2. The van der Waals surface area contributed by atoms with E-state index in [0.29, 0.717) is 5.92 Å². The summed E-state index contributed by atoms with van der Waals surface area (Å²) in [6.07, 6.45) is 2.40. The Morgan fingerprint density at radius 2 is 0.792 bits per heavy atom. The zero-order valence-corrected chi connectivity index (χ0v) is 33.9. The number of nitrogens with zero attached hydrogens (tertiary/aromatic N) is 2. The van der Waals surface area contributed by atoms with E-state index in [1.807, 2.05) is 0 Å². The molecule has 0 aliphatic carbocycles. The van der Waals surface area contributed by atoms with Gasteiger partial charge in [0.25, 0.3) is 0 Å². The van der Waals surface area contributed by atoms with Crippen LogP contribution in [0.4, 0.5) is 34.1 Å². The Labute approximate surface area is 320 Å². The highest BCUT2D eigenvalue weighted by atomic mass is 15.2. The Balaban J connectivity index is 1.37. The SMILES string of the molecule is CCCC(C)c1cc(C)c(N(c2ccc(C)cc2)c2ccc(-c3ccc(N(c4ccc(C)cc4)c4c(C)cc(C(C)(C)C)cc4C)cc3)cc2)c(C)c1. The largest absolute Gasteiger partial charge is 0.310 e. The first-order valence-electron chi connectivity index (χ1n) is 19.4. The van der Waals surface area contributed by atoms with E-state index in [9.17, 15) is 0 Å². The number of anilines is 6. The summed E-state index contributed by atoms with van der Waals surface area (Å²) in [5.41, 5.74) is 20.1. The maximum Gasteiger partial charge on any atom is 0.0520 e. The van der Waals surface area contributed by atoms with Crippen molar-refractivity contribution < 1.29 is 0 Å². The van der Waals surface area contributed by atoms with Crippen molar-refractivity contribution in [1.29, 1.82) is 0 Å². The topological polar surface area (TPSA) is 6.48 Å². The molecule has 2 nitrogen and oxygen atoms in total. The average Bonchev–Trinajstić information content (AvgIpc) is 3.12. The first kappa shape index (κ1) is 37.7. The summed E-state index contributed by atoms with van der Waals surface area (Å²) in [5.74, 6) is 0.552. The summed E-state index contributed by atoms with van der Waals surface area (Å²) in [5, 5.41) is 0. The van der Waals surface area contributed by atoms with E-state index in [1.165, 1.54) is 85.5 Å². The summed E-state index contributed by atoms with van der Waals surface area (Å²) in [4.78, 5) is 4.85. The number of rotatable bonds is 10. The van der Waals surface area contributed by atoms with Gasteiger partial charge in [0, 0.05) is 22.7 Å². The molecule has 53 heavy (non-hydrogen) atoms. The van der Waals surface area contributed by atoms with E-state index >= 15 is 0 Å². The van der Waals surface area contributed by atoms with Gasteiger partial charge in [0.2, 0.25) is 0 Å². The first-order chi connectivity index (χ1) is 25.2. The standard InChI is InChI=1S/C51H58N2/c1-12-13-36(4)43-30-37(5)49(38(6)31-43)52(45-22-14-34(2)15-23-45)47-26-18-41(19-27-47)42-20-28-48(29-21-42)53(46-24-16-35(3)17-25-46)50-39(7)32-44(33-40(50)8)51(9,10)11/h14-33,36H,12-13H2,1-11H3. The zero-order chi connectivity index (χ0) is 38.0. The minimum Gasteiger partial charge on any atom is -0.310 e. The molecular formula is C51H58N2. The van der Waals surface area contributed by atoms with Crippen LogP contribution >= 0.6 is 0 Å². The molecule has 0 heterocycles. The smallest absolute Gasteiger partial charge is 0.0520 e. The van der Waals surface area contributed by atoms with Crippen LogP contribution in [0.5, 0.6) is 0 Å². The number of aryl methyl sites for hydroxylation is 6. The fraction of sp³-hybridized carbons (Fsp3) is 0.294. The van der Waals surface area contributed by atoms with Crippen molar-refractivity contribution in [1.82, 2.24) is 0 Å². The van der Waals surface area contributed by atoms with Crippen LogP contribution in [0.2, 0.25) is 0 Å². The van der Waals surface area contributed by atoms with Gasteiger partial charge in [0.1, 0.15) is 0 Å². The van der Waals surface area contributed by atoms with Gasteiger partial charge in [0.05, 0.1) is 11.4 Å². The van der Waals surface area contributed by atoms with Crippen LogP contribution < -0.4 is 9.80 Å². The molecule has 0 N–H and O–H groups in total. The van der Waals surface area contributed by atoms with Crippen molar-refractivity contribution in [2.24, 2.45) is 0 Å². The van der Waals surface area contributed by atoms with E-state index in [-0.39, 0.29) is 5.41 Å². The fourth-order valence-electron chi connectivity index (χ4n) is 7.78. The van der Waals surface area contributed by atoms with Gasteiger partial charge in [-0.1, -0.05) is 125 Å². The van der Waals surface area contributed by atoms with Gasteiger partial charge < -0.3 is 9.80 Å². The van der Waals surface area contributed by atoms with Crippen molar-refractivity contribution in [3.8, 4) is 11.1 Å². The van der Waals surface area contributed by atoms with Crippen molar-refractivity contribution in [3.63, 3.8) is 0 Å². The van der Waals surface area contributed by atoms with Crippen molar-refractivity contribution in [2.75, 3.05) is 9.80 Å². The van der Waals surface area contributed by atoms with E-state index in [4.69, 9.17) is 0 Å². The normalized spacial score (nSPS) is 12.1. The Bertz CT molecular complexity index is 2120. The molecule has 0 amide bonds. The molecule has 2 heteroatoms. The first-order valence-corrected chi connectivity index (χ1v) is 19.4. The lowest BCUT2D eigenvalue weighted by Gasteiger charge is -2.31. The second-order valence-electron chi connectivity index (χ2n) is 16.3. The highest BCUT2D eigenvalue weighted by Crippen LogP contribution is 2.43. The summed E-state index contributed by atoms with van der Waals surface area (Å²) >= 11 is 0. The second-order valence-corrected chi connectivity index (χ2v) is 16.3. The van der Waals surface area contributed by atoms with Crippen molar-refractivity contribution in [3.05, 3.63) is 166 Å². The quantitative estimate of drug-likeness (QED) is 0.140. The molecule has 1 unspecified atom stereocenters. The van der Waals surface area contributed by atoms with Crippen LogP contribution in [0.3, 0.4) is 0 Å². The Morgan fingerprint density at radius 3 is 1.11 bits per heavy atom. The third-order valence-electron chi connectivity index (χ3n) is 10.8. The molecule has 0 radical (unpaired) electrons. The summed E-state index contributed by atoms with van der Waals surface area (Å²) in [6.45, 7) is 24.8. The van der Waals surface area contributed by atoms with E-state index in [2.05, 4.69) is 207 Å². The molecule has 6 aromatic carbocycles. The maximum atomic E-state index is 2.43. The summed E-state index contributed by atoms with van der Waals surface area (Å²) in [7, 11) is 0. The van der Waals surface area contributed by atoms with E-state index < -0.39 is 0 Å². The highest BCUT2D eigenvalue weighted by Gasteiger charge is 2.22. The van der Waals surface area contributed by atoms with Gasteiger partial charge in [-0.3, -0.25) is 0 Å². The Kier molecular flexibility index (Phi) is 11.0. The minimum atomic E-state index is 0.0896. The molecule has 0 aliphatic heterocycles. The van der Waals surface area contributed by atoms with Gasteiger partial charge >= 0.3 is 0 Å². The predicted molar refractivity (Wildman–Crippen MR) is 232 cm³/mol. The van der Waals surface area contributed by atoms with Crippen molar-refractivity contribution in [2.45, 2.75) is 100 Å². The molecule has 6 aromatic rings. The lowest BCUT2D eigenvalue weighted by molar-refractivity contribution is 0.589. The second kappa shape index (κ2) is 15.5. The molecular weight excluding hydrogens is 641 g/mol. The van der Waals surface area contributed by atoms with E-state index in [0.717, 1.165) is 17.1 Å². The molecule has 6 rings (SSSR count). The molecule has 0 saturated carbocycles.